The van der Waals surface area contributed by atoms with Gasteiger partial charge in [0.25, 0.3) is 0 Å². The zero-order valence-corrected chi connectivity index (χ0v) is 34.5. The molecule has 2 aromatic carbocycles. The minimum atomic E-state index is 0.996. The summed E-state index contributed by atoms with van der Waals surface area (Å²) >= 11 is 0. The molecule has 0 saturated heterocycles. The average Bonchev–Trinajstić information content (AvgIpc) is 3.44. The molecule has 52 heavy (non-hydrogen) atoms. The predicted octanol–water partition coefficient (Wildman–Crippen LogP) is 16.7. The lowest BCUT2D eigenvalue weighted by molar-refractivity contribution is -0.345. The number of nitrogens with zero attached hydrogens (tertiary/aromatic N) is 2. The largest absolute Gasteiger partial charge is 0.493 e. The summed E-state index contributed by atoms with van der Waals surface area (Å²) in [6.45, 7) is 9.11. The molecule has 0 spiro atoms. The van der Waals surface area contributed by atoms with E-state index in [-0.39, 0.29) is 0 Å². The maximum absolute atomic E-state index is 12.1. The monoisotopic (exact) mass is 707 g/mol. The maximum atomic E-state index is 12.1. The SMILES string of the molecule is CCCCCCCCCCCCCCCCCCC=CCCc1ccccc1C1=C(CCCC)C(CCCC)=C(c2cccc(CCCC)c2)[N+]1=[N-]. The van der Waals surface area contributed by atoms with Crippen molar-refractivity contribution >= 4 is 11.4 Å². The van der Waals surface area contributed by atoms with Crippen molar-refractivity contribution in [3.63, 3.8) is 0 Å². The van der Waals surface area contributed by atoms with E-state index in [2.05, 4.69) is 88.4 Å². The Morgan fingerprint density at radius 1 is 0.462 bits per heavy atom. The van der Waals surface area contributed by atoms with Gasteiger partial charge in [-0.3, -0.25) is 0 Å². The normalized spacial score (nSPS) is 13.4. The van der Waals surface area contributed by atoms with E-state index in [9.17, 15) is 5.53 Å². The highest BCUT2D eigenvalue weighted by atomic mass is 15.2. The first kappa shape index (κ1) is 43.7. The number of aryl methyl sites for hydroxylation is 2. The highest BCUT2D eigenvalue weighted by Gasteiger charge is 2.36. The summed E-state index contributed by atoms with van der Waals surface area (Å²) in [5, 5.41) is 0. The maximum Gasteiger partial charge on any atom is 0.211 e. The number of benzene rings is 2. The molecule has 1 aliphatic rings. The molecule has 288 valence electrons. The summed E-state index contributed by atoms with van der Waals surface area (Å²) in [5.74, 6) is 0. The predicted molar refractivity (Wildman–Crippen MR) is 230 cm³/mol. The summed E-state index contributed by atoms with van der Waals surface area (Å²) in [6, 6.07) is 17.8. The molecule has 0 unspecified atom stereocenters. The van der Waals surface area contributed by atoms with Crippen LogP contribution in [0.3, 0.4) is 0 Å². The topological polar surface area (TPSA) is 25.3 Å². The fourth-order valence-corrected chi connectivity index (χ4v) is 7.98. The van der Waals surface area contributed by atoms with E-state index in [4.69, 9.17) is 0 Å². The van der Waals surface area contributed by atoms with Crippen LogP contribution >= 0.6 is 0 Å². The van der Waals surface area contributed by atoms with Crippen LogP contribution in [0.2, 0.25) is 0 Å². The Morgan fingerprint density at radius 2 is 0.962 bits per heavy atom. The van der Waals surface area contributed by atoms with Gasteiger partial charge in [-0.15, -0.1) is 0 Å². The van der Waals surface area contributed by atoms with Gasteiger partial charge in [0, 0.05) is 22.3 Å². The molecule has 0 atom stereocenters. The van der Waals surface area contributed by atoms with Crippen molar-refractivity contribution in [3.8, 4) is 0 Å². The summed E-state index contributed by atoms with van der Waals surface area (Å²) in [7, 11) is 0. The molecule has 2 aromatic rings. The van der Waals surface area contributed by atoms with E-state index in [0.717, 1.165) is 74.7 Å². The molecule has 0 bridgehead atoms. The second-order valence-corrected chi connectivity index (χ2v) is 15.7. The van der Waals surface area contributed by atoms with Crippen LogP contribution in [-0.4, -0.2) is 4.70 Å². The van der Waals surface area contributed by atoms with Gasteiger partial charge in [-0.1, -0.05) is 186 Å². The van der Waals surface area contributed by atoms with Crippen molar-refractivity contribution < 1.29 is 4.70 Å². The van der Waals surface area contributed by atoms with Crippen LogP contribution in [0.4, 0.5) is 0 Å². The molecule has 2 heteroatoms. The molecule has 0 aromatic heterocycles. The summed E-state index contributed by atoms with van der Waals surface area (Å²) in [5.41, 5.74) is 21.9. The molecule has 0 N–H and O–H groups in total. The van der Waals surface area contributed by atoms with Crippen LogP contribution in [-0.2, 0) is 12.8 Å². The van der Waals surface area contributed by atoms with E-state index >= 15 is 0 Å². The Hall–Kier alpha value is -2.74. The molecule has 1 heterocycles. The van der Waals surface area contributed by atoms with E-state index in [1.54, 1.807) is 4.70 Å². The number of hydrogen-bond acceptors (Lipinski definition) is 0. The van der Waals surface area contributed by atoms with Crippen molar-refractivity contribution in [1.82, 2.24) is 0 Å². The lowest BCUT2D eigenvalue weighted by Crippen LogP contribution is -2.05. The second-order valence-electron chi connectivity index (χ2n) is 15.7. The zero-order chi connectivity index (χ0) is 37.1. The molecule has 0 radical (unpaired) electrons. The molecule has 0 fully saturated rings. The van der Waals surface area contributed by atoms with Crippen molar-refractivity contribution in [3.05, 3.63) is 99.6 Å². The molecule has 2 nitrogen and oxygen atoms in total. The number of rotatable bonds is 31. The van der Waals surface area contributed by atoms with Gasteiger partial charge in [-0.05, 0) is 93.5 Å². The first-order valence-corrected chi connectivity index (χ1v) is 22.4. The van der Waals surface area contributed by atoms with Gasteiger partial charge in [0.05, 0.1) is 0 Å². The number of allylic oxidation sites excluding steroid dienone is 4. The highest BCUT2D eigenvalue weighted by Crippen LogP contribution is 2.45. The standard InChI is InChI=1S/C50H78N2/c1-5-9-13-14-15-16-17-18-19-20-21-22-23-24-25-26-27-28-29-30-36-44-37-31-32-41-46(44)50-48(40-12-8-4)47(39-11-7-3)49(52(50)51)45-38-33-35-43(42-45)34-10-6-2/h28-29,31-33,35,37-38,41-42H,5-27,30,34,36,39-40H2,1-4H3. The fourth-order valence-electron chi connectivity index (χ4n) is 7.98. The summed E-state index contributed by atoms with van der Waals surface area (Å²) in [6.07, 6.45) is 40.9. The van der Waals surface area contributed by atoms with Crippen molar-refractivity contribution in [2.45, 2.75) is 207 Å². The molecule has 1 aliphatic heterocycles. The Kier molecular flexibility index (Phi) is 23.3. The Balaban J connectivity index is 1.49. The molecular weight excluding hydrogens is 629 g/mol. The van der Waals surface area contributed by atoms with E-state index in [1.165, 1.54) is 150 Å². The van der Waals surface area contributed by atoms with Crippen LogP contribution in [0.25, 0.3) is 16.9 Å². The first-order valence-electron chi connectivity index (χ1n) is 22.4. The Morgan fingerprint density at radius 3 is 1.56 bits per heavy atom. The lowest BCUT2D eigenvalue weighted by atomic mass is 9.90. The minimum Gasteiger partial charge on any atom is -0.493 e. The van der Waals surface area contributed by atoms with Gasteiger partial charge >= 0.3 is 0 Å². The second kappa shape index (κ2) is 27.8. The number of hydrogen-bond donors (Lipinski definition) is 0. The van der Waals surface area contributed by atoms with Gasteiger partial charge < -0.3 is 5.53 Å². The van der Waals surface area contributed by atoms with Gasteiger partial charge in [-0.25, -0.2) is 4.70 Å². The van der Waals surface area contributed by atoms with Crippen LogP contribution < -0.4 is 0 Å². The molecule has 0 aliphatic carbocycles. The molecule has 0 saturated carbocycles. The van der Waals surface area contributed by atoms with Crippen molar-refractivity contribution in [2.24, 2.45) is 0 Å². The van der Waals surface area contributed by atoms with Crippen molar-refractivity contribution in [1.29, 1.82) is 0 Å². The quantitative estimate of drug-likeness (QED) is 0.0424. The molecule has 3 rings (SSSR count). The van der Waals surface area contributed by atoms with Crippen LogP contribution in [0, 0.1) is 0 Å². The minimum absolute atomic E-state index is 0.996. The van der Waals surface area contributed by atoms with Crippen LogP contribution in [0.5, 0.6) is 0 Å². The highest BCUT2D eigenvalue weighted by molar-refractivity contribution is 5.83. The first-order chi connectivity index (χ1) is 25.7. The Bertz CT molecular complexity index is 1360. The van der Waals surface area contributed by atoms with E-state index in [1.807, 2.05) is 0 Å². The third kappa shape index (κ3) is 15.7. The lowest BCUT2D eigenvalue weighted by Gasteiger charge is -2.13. The van der Waals surface area contributed by atoms with Crippen LogP contribution in [0.15, 0.2) is 71.8 Å². The Labute approximate surface area is 322 Å². The third-order valence-corrected chi connectivity index (χ3v) is 11.2. The molecule has 0 amide bonds. The van der Waals surface area contributed by atoms with Gasteiger partial charge in [0.2, 0.25) is 11.4 Å². The average molecular weight is 707 g/mol. The zero-order valence-electron chi connectivity index (χ0n) is 34.5. The molecular formula is C50H78N2. The summed E-state index contributed by atoms with van der Waals surface area (Å²) < 4.78 is 1.58. The van der Waals surface area contributed by atoms with E-state index in [0.29, 0.717) is 0 Å². The number of unbranched alkanes of at least 4 members (excludes halogenated alkanes) is 19. The van der Waals surface area contributed by atoms with Gasteiger partial charge in [0.1, 0.15) is 0 Å². The smallest absolute Gasteiger partial charge is 0.211 e. The fraction of sp³-hybridized carbons (Fsp3) is 0.640. The van der Waals surface area contributed by atoms with E-state index < -0.39 is 0 Å². The van der Waals surface area contributed by atoms with Crippen molar-refractivity contribution in [2.75, 3.05) is 0 Å². The van der Waals surface area contributed by atoms with Gasteiger partial charge in [0.15, 0.2) is 0 Å². The van der Waals surface area contributed by atoms with Gasteiger partial charge in [-0.2, -0.15) is 0 Å². The van der Waals surface area contributed by atoms with Crippen LogP contribution in [0.1, 0.15) is 217 Å². The summed E-state index contributed by atoms with van der Waals surface area (Å²) in [4.78, 5) is 0. The third-order valence-electron chi connectivity index (χ3n) is 11.2.